The molecular formula is C17H21N3O3. The zero-order chi connectivity index (χ0) is 16.2. The van der Waals surface area contributed by atoms with E-state index in [-0.39, 0.29) is 18.6 Å². The van der Waals surface area contributed by atoms with Crippen LogP contribution in [-0.4, -0.2) is 40.6 Å². The number of hydrogen-bond acceptors (Lipinski definition) is 4. The molecule has 0 aliphatic carbocycles. The second-order valence-corrected chi connectivity index (χ2v) is 5.56. The second kappa shape index (κ2) is 6.83. The first-order chi connectivity index (χ1) is 11.2. The molecule has 1 aromatic carbocycles. The van der Waals surface area contributed by atoms with Crippen LogP contribution in [-0.2, 0) is 22.7 Å². The number of fused-ring (bicyclic) bond motifs is 1. The van der Waals surface area contributed by atoms with E-state index in [0.29, 0.717) is 18.9 Å². The number of amides is 1. The average molecular weight is 315 g/mol. The number of methoxy groups -OCH3 is 1. The molecule has 0 spiro atoms. The molecule has 1 amide bonds. The molecule has 6 nitrogen and oxygen atoms in total. The summed E-state index contributed by atoms with van der Waals surface area (Å²) in [5, 5.41) is 0. The van der Waals surface area contributed by atoms with E-state index >= 15 is 0 Å². The predicted molar refractivity (Wildman–Crippen MR) is 85.0 cm³/mol. The van der Waals surface area contributed by atoms with Crippen molar-refractivity contribution in [3.8, 4) is 5.75 Å². The molecule has 1 aromatic heterocycles. The van der Waals surface area contributed by atoms with Gasteiger partial charge in [0.2, 0.25) is 0 Å². The summed E-state index contributed by atoms with van der Waals surface area (Å²) < 4.78 is 12.9. The first-order valence-corrected chi connectivity index (χ1v) is 7.71. The number of imidazole rings is 1. The molecule has 0 N–H and O–H groups in total. The Morgan fingerprint density at radius 2 is 2.09 bits per heavy atom. The normalized spacial score (nSPS) is 17.0. The molecule has 6 heteroatoms. The molecule has 1 aliphatic heterocycles. The van der Waals surface area contributed by atoms with E-state index in [4.69, 9.17) is 9.47 Å². The van der Waals surface area contributed by atoms with Crippen molar-refractivity contribution in [2.75, 3.05) is 20.3 Å². The van der Waals surface area contributed by atoms with Crippen LogP contribution < -0.4 is 4.74 Å². The van der Waals surface area contributed by atoms with Crippen LogP contribution in [0, 0.1) is 0 Å². The number of rotatable bonds is 5. The molecule has 0 fully saturated rings. The number of aromatic nitrogens is 2. The van der Waals surface area contributed by atoms with E-state index in [1.807, 2.05) is 48.4 Å². The Morgan fingerprint density at radius 1 is 1.30 bits per heavy atom. The standard InChI is InChI=1S/C17H21N3O3/c1-13-17-18-10-14(11-22-2)20(17)9-8-19(13)16(21)12-23-15-6-4-3-5-7-15/h3-7,10,13H,8-9,11-12H2,1-2H3/t13-/m1/s1. The maximum absolute atomic E-state index is 12.5. The molecule has 1 aliphatic rings. The number of hydrogen-bond donors (Lipinski definition) is 0. The summed E-state index contributed by atoms with van der Waals surface area (Å²) >= 11 is 0. The van der Waals surface area contributed by atoms with E-state index in [0.717, 1.165) is 18.1 Å². The molecule has 3 rings (SSSR count). The van der Waals surface area contributed by atoms with Gasteiger partial charge in [0.25, 0.3) is 5.91 Å². The van der Waals surface area contributed by atoms with E-state index in [1.54, 1.807) is 7.11 Å². The van der Waals surface area contributed by atoms with Crippen LogP contribution >= 0.6 is 0 Å². The molecule has 122 valence electrons. The average Bonchev–Trinajstić information content (AvgIpc) is 2.98. The second-order valence-electron chi connectivity index (χ2n) is 5.56. The maximum atomic E-state index is 12.5. The molecule has 0 unspecified atom stereocenters. The number of carbonyl (C=O) groups excluding carboxylic acids is 1. The van der Waals surface area contributed by atoms with Gasteiger partial charge in [-0.05, 0) is 19.1 Å². The Kier molecular flexibility index (Phi) is 4.62. The van der Waals surface area contributed by atoms with Gasteiger partial charge in [-0.2, -0.15) is 0 Å². The fourth-order valence-electron chi connectivity index (χ4n) is 2.91. The first kappa shape index (κ1) is 15.6. The number of ether oxygens (including phenoxy) is 2. The van der Waals surface area contributed by atoms with Crippen molar-refractivity contribution in [3.63, 3.8) is 0 Å². The van der Waals surface area contributed by atoms with E-state index in [1.165, 1.54) is 0 Å². The molecule has 23 heavy (non-hydrogen) atoms. The Labute approximate surface area is 135 Å². The maximum Gasteiger partial charge on any atom is 0.261 e. The molecule has 0 saturated carbocycles. The Morgan fingerprint density at radius 3 is 2.83 bits per heavy atom. The lowest BCUT2D eigenvalue weighted by atomic mass is 10.2. The lowest BCUT2D eigenvalue weighted by molar-refractivity contribution is -0.136. The zero-order valence-corrected chi connectivity index (χ0v) is 13.4. The summed E-state index contributed by atoms with van der Waals surface area (Å²) in [5.74, 6) is 1.58. The van der Waals surface area contributed by atoms with Gasteiger partial charge in [0.1, 0.15) is 11.6 Å². The smallest absolute Gasteiger partial charge is 0.261 e. The minimum Gasteiger partial charge on any atom is -0.484 e. The molecule has 2 heterocycles. The van der Waals surface area contributed by atoms with Crippen molar-refractivity contribution in [1.29, 1.82) is 0 Å². The van der Waals surface area contributed by atoms with Crippen LogP contribution in [0.1, 0.15) is 24.5 Å². The third-order valence-electron chi connectivity index (χ3n) is 4.09. The lowest BCUT2D eigenvalue weighted by Gasteiger charge is -2.34. The Balaban J connectivity index is 1.66. The van der Waals surface area contributed by atoms with Crippen LogP contribution in [0.15, 0.2) is 36.5 Å². The van der Waals surface area contributed by atoms with Crippen molar-refractivity contribution < 1.29 is 14.3 Å². The fourth-order valence-corrected chi connectivity index (χ4v) is 2.91. The molecule has 1 atom stereocenters. The van der Waals surface area contributed by atoms with Gasteiger partial charge in [-0.15, -0.1) is 0 Å². The molecule has 0 saturated heterocycles. The minimum absolute atomic E-state index is 0.0242. The largest absolute Gasteiger partial charge is 0.484 e. The summed E-state index contributed by atoms with van der Waals surface area (Å²) in [7, 11) is 1.67. The first-order valence-electron chi connectivity index (χ1n) is 7.71. The highest BCUT2D eigenvalue weighted by Crippen LogP contribution is 2.25. The predicted octanol–water partition coefficient (Wildman–Crippen LogP) is 2.01. The van der Waals surface area contributed by atoms with Crippen molar-refractivity contribution in [2.24, 2.45) is 0 Å². The molecule has 0 radical (unpaired) electrons. The highest BCUT2D eigenvalue weighted by atomic mass is 16.5. The monoisotopic (exact) mass is 315 g/mol. The summed E-state index contributed by atoms with van der Waals surface area (Å²) in [6.07, 6.45) is 1.82. The van der Waals surface area contributed by atoms with Crippen molar-refractivity contribution in [2.45, 2.75) is 26.1 Å². The SMILES string of the molecule is COCc1cnc2n1CCN(C(=O)COc1ccccc1)[C@@H]2C. The van der Waals surface area contributed by atoms with Crippen LogP contribution in [0.3, 0.4) is 0 Å². The van der Waals surface area contributed by atoms with Crippen molar-refractivity contribution in [1.82, 2.24) is 14.5 Å². The van der Waals surface area contributed by atoms with Gasteiger partial charge in [0, 0.05) is 20.2 Å². The highest BCUT2D eigenvalue weighted by Gasteiger charge is 2.30. The van der Waals surface area contributed by atoms with E-state index in [2.05, 4.69) is 9.55 Å². The topological polar surface area (TPSA) is 56.6 Å². The summed E-state index contributed by atoms with van der Waals surface area (Å²) in [5.41, 5.74) is 1.04. The number of nitrogens with zero attached hydrogens (tertiary/aromatic N) is 3. The van der Waals surface area contributed by atoms with Gasteiger partial charge < -0.3 is 18.9 Å². The molecular weight excluding hydrogens is 294 g/mol. The Hall–Kier alpha value is -2.34. The zero-order valence-electron chi connectivity index (χ0n) is 13.4. The van der Waals surface area contributed by atoms with Gasteiger partial charge in [0.05, 0.1) is 24.5 Å². The van der Waals surface area contributed by atoms with Crippen LogP contribution in [0.5, 0.6) is 5.75 Å². The lowest BCUT2D eigenvalue weighted by Crippen LogP contribution is -2.43. The fraction of sp³-hybridized carbons (Fsp3) is 0.412. The number of para-hydroxylation sites is 1. The van der Waals surface area contributed by atoms with E-state index in [9.17, 15) is 4.79 Å². The quantitative estimate of drug-likeness (QED) is 0.847. The molecule has 0 bridgehead atoms. The van der Waals surface area contributed by atoms with Gasteiger partial charge in [-0.25, -0.2) is 4.98 Å². The third-order valence-corrected chi connectivity index (χ3v) is 4.09. The summed E-state index contributed by atoms with van der Waals surface area (Å²) in [4.78, 5) is 18.7. The van der Waals surface area contributed by atoms with Gasteiger partial charge in [-0.1, -0.05) is 18.2 Å². The van der Waals surface area contributed by atoms with Crippen molar-refractivity contribution in [3.05, 3.63) is 48.0 Å². The van der Waals surface area contributed by atoms with Gasteiger partial charge in [0.15, 0.2) is 6.61 Å². The van der Waals surface area contributed by atoms with E-state index < -0.39 is 0 Å². The minimum atomic E-state index is -0.0683. The summed E-state index contributed by atoms with van der Waals surface area (Å²) in [6.45, 7) is 3.95. The van der Waals surface area contributed by atoms with Gasteiger partial charge >= 0.3 is 0 Å². The summed E-state index contributed by atoms with van der Waals surface area (Å²) in [6, 6.07) is 9.31. The van der Waals surface area contributed by atoms with Gasteiger partial charge in [-0.3, -0.25) is 4.79 Å². The van der Waals surface area contributed by atoms with Crippen LogP contribution in [0.2, 0.25) is 0 Å². The third kappa shape index (κ3) is 3.22. The molecule has 2 aromatic rings. The number of benzene rings is 1. The van der Waals surface area contributed by atoms with Crippen LogP contribution in [0.25, 0.3) is 0 Å². The number of carbonyl (C=O) groups is 1. The van der Waals surface area contributed by atoms with Crippen LogP contribution in [0.4, 0.5) is 0 Å². The Bertz CT molecular complexity index is 669. The van der Waals surface area contributed by atoms with Crippen molar-refractivity contribution >= 4 is 5.91 Å². The highest BCUT2D eigenvalue weighted by molar-refractivity contribution is 5.78.